The van der Waals surface area contributed by atoms with Gasteiger partial charge in [0, 0.05) is 0 Å². The fraction of sp³-hybridized carbons (Fsp3) is 0.222. The van der Waals surface area contributed by atoms with Crippen LogP contribution in [0.4, 0.5) is 37.7 Å². The third-order valence-electron chi connectivity index (χ3n) is 9.87. The molecule has 4 heterocycles. The number of fused-ring (bicyclic) bond motifs is 5. The minimum absolute atomic E-state index is 0.277. The first-order valence-corrected chi connectivity index (χ1v) is 15.6. The third kappa shape index (κ3) is 4.62. The molecule has 50 heavy (non-hydrogen) atoms. The van der Waals surface area contributed by atoms with Crippen LogP contribution in [0, 0.1) is 11.8 Å². The number of halogens is 6. The van der Waals surface area contributed by atoms with Gasteiger partial charge in [0.2, 0.25) is 11.8 Å². The first-order valence-electron chi connectivity index (χ1n) is 15.6. The molecule has 0 aromatic heterocycles. The topological polar surface area (TPSA) is 81.2 Å². The van der Waals surface area contributed by atoms with Gasteiger partial charge in [-0.15, -0.1) is 0 Å². The van der Waals surface area contributed by atoms with Gasteiger partial charge in [-0.3, -0.25) is 19.2 Å². The highest BCUT2D eigenvalue weighted by Crippen LogP contribution is 2.60. The molecule has 14 heteroatoms. The molecule has 4 saturated heterocycles. The van der Waals surface area contributed by atoms with Gasteiger partial charge in [-0.1, -0.05) is 72.8 Å². The van der Waals surface area contributed by atoms with Crippen LogP contribution in [0.25, 0.3) is 0 Å². The van der Waals surface area contributed by atoms with Crippen LogP contribution in [0.1, 0.15) is 34.3 Å². The smallest absolute Gasteiger partial charge is 0.274 e. The molecule has 0 radical (unpaired) electrons. The van der Waals surface area contributed by atoms with E-state index in [-0.39, 0.29) is 11.4 Å². The summed E-state index contributed by atoms with van der Waals surface area (Å²) in [6.45, 7) is 0. The Morgan fingerprint density at radius 3 is 1.12 bits per heavy atom. The second-order valence-corrected chi connectivity index (χ2v) is 12.5. The second-order valence-electron chi connectivity index (χ2n) is 12.5. The maximum Gasteiger partial charge on any atom is 0.416 e. The number of anilines is 2. The SMILES string of the molecule is O=C1[C@H]2[C@H](C(=O)N1c1cccc(C(F)(F)F)c1)N1[C@@H](c3ccccc3)[C@H]3C(=O)N(c4cccc(C(F)(F)F)c4)C(=O)[C@H]3N1[C@H]2c1ccccc1. The number of alkyl halides is 6. The van der Waals surface area contributed by atoms with Crippen LogP contribution >= 0.6 is 0 Å². The quantitative estimate of drug-likeness (QED) is 0.188. The highest BCUT2D eigenvalue weighted by Gasteiger charge is 2.73. The van der Waals surface area contributed by atoms with Crippen molar-refractivity contribution < 1.29 is 45.5 Å². The zero-order valence-corrected chi connectivity index (χ0v) is 25.5. The summed E-state index contributed by atoms with van der Waals surface area (Å²) in [6, 6.07) is 19.8. The molecule has 0 aliphatic carbocycles. The average Bonchev–Trinajstić information content (AvgIpc) is 3.76. The van der Waals surface area contributed by atoms with Gasteiger partial charge in [0.1, 0.15) is 12.1 Å². The molecule has 4 amide bonds. The molecule has 8 rings (SSSR count). The standard InChI is InChI=1S/C36H24F6N4O4/c37-35(38,39)21-13-7-15-23(17-21)43-31(47)25-27(19-9-3-1-4-10-19)45-30-26(28(20-11-5-2-6-12-20)46(45)29(25)33(43)49)32(48)44(34(30)50)24-16-8-14-22(18-24)36(40,41)42/h1-18,25-30H/t25-,26-,27+,28+,29-,30+/m1/s1. The van der Waals surface area contributed by atoms with E-state index in [1.54, 1.807) is 60.7 Å². The van der Waals surface area contributed by atoms with Crippen molar-refractivity contribution in [1.29, 1.82) is 0 Å². The maximum absolute atomic E-state index is 14.4. The van der Waals surface area contributed by atoms with E-state index in [2.05, 4.69) is 0 Å². The molecule has 0 N–H and O–H groups in total. The molecule has 0 unspecified atom stereocenters. The first kappa shape index (κ1) is 31.9. The summed E-state index contributed by atoms with van der Waals surface area (Å²) in [5, 5.41) is 3.06. The first-order chi connectivity index (χ1) is 23.8. The van der Waals surface area contributed by atoms with Crippen molar-refractivity contribution in [3.63, 3.8) is 0 Å². The lowest BCUT2D eigenvalue weighted by molar-refractivity contribution is -0.138. The normalized spacial score (nSPS) is 26.9. The van der Waals surface area contributed by atoms with Gasteiger partial charge in [0.05, 0.1) is 46.4 Å². The summed E-state index contributed by atoms with van der Waals surface area (Å²) in [4.78, 5) is 59.1. The molecule has 4 aliphatic heterocycles. The monoisotopic (exact) mass is 690 g/mol. The van der Waals surface area contributed by atoms with Crippen molar-refractivity contribution >= 4 is 35.0 Å². The number of rotatable bonds is 4. The van der Waals surface area contributed by atoms with Gasteiger partial charge in [0.25, 0.3) is 11.8 Å². The molecule has 4 aromatic rings. The van der Waals surface area contributed by atoms with Gasteiger partial charge in [-0.2, -0.15) is 26.3 Å². The fourth-order valence-electron chi connectivity index (χ4n) is 7.95. The van der Waals surface area contributed by atoms with Crippen molar-refractivity contribution in [2.24, 2.45) is 11.8 Å². The summed E-state index contributed by atoms with van der Waals surface area (Å²) in [5.74, 6) is -5.71. The van der Waals surface area contributed by atoms with Crippen LogP contribution in [-0.4, -0.2) is 45.7 Å². The fourth-order valence-corrected chi connectivity index (χ4v) is 7.95. The van der Waals surface area contributed by atoms with Crippen LogP contribution in [-0.2, 0) is 31.5 Å². The number of amides is 4. The lowest BCUT2D eigenvalue weighted by atomic mass is 9.84. The number of imide groups is 2. The number of carbonyl (C=O) groups is 4. The van der Waals surface area contributed by atoms with Gasteiger partial charge in [0.15, 0.2) is 0 Å². The Kier molecular flexibility index (Phi) is 7.07. The van der Waals surface area contributed by atoms with Crippen molar-refractivity contribution in [2.75, 3.05) is 9.80 Å². The molecule has 0 spiro atoms. The lowest BCUT2D eigenvalue weighted by Gasteiger charge is -2.35. The van der Waals surface area contributed by atoms with E-state index in [0.717, 1.165) is 46.2 Å². The largest absolute Gasteiger partial charge is 0.416 e. The third-order valence-corrected chi connectivity index (χ3v) is 9.87. The Balaban J connectivity index is 1.29. The van der Waals surface area contributed by atoms with Gasteiger partial charge >= 0.3 is 12.4 Å². The molecule has 6 atom stereocenters. The summed E-state index contributed by atoms with van der Waals surface area (Å²) < 4.78 is 82.1. The van der Waals surface area contributed by atoms with E-state index >= 15 is 0 Å². The Labute approximate surface area is 280 Å². The van der Waals surface area contributed by atoms with Crippen molar-refractivity contribution in [2.45, 2.75) is 36.5 Å². The van der Waals surface area contributed by atoms with Crippen LogP contribution in [0.5, 0.6) is 0 Å². The van der Waals surface area contributed by atoms with Gasteiger partial charge in [-0.05, 0) is 47.5 Å². The lowest BCUT2D eigenvalue weighted by Crippen LogP contribution is -2.50. The molecule has 8 nitrogen and oxygen atoms in total. The van der Waals surface area contributed by atoms with Crippen molar-refractivity contribution in [1.82, 2.24) is 10.0 Å². The summed E-state index contributed by atoms with van der Waals surface area (Å²) >= 11 is 0. The van der Waals surface area contributed by atoms with E-state index in [4.69, 9.17) is 0 Å². The number of hydrazine groups is 1. The average molecular weight is 691 g/mol. The molecule has 4 aliphatic rings. The number of benzene rings is 4. The zero-order valence-electron chi connectivity index (χ0n) is 25.5. The molecule has 254 valence electrons. The van der Waals surface area contributed by atoms with Gasteiger partial charge in [-0.25, -0.2) is 19.8 Å². The van der Waals surface area contributed by atoms with E-state index in [9.17, 15) is 45.5 Å². The molecular weight excluding hydrogens is 666 g/mol. The molecular formula is C36H24F6N4O4. The van der Waals surface area contributed by atoms with E-state index in [1.165, 1.54) is 22.2 Å². The maximum atomic E-state index is 14.4. The second kappa shape index (κ2) is 11.1. The minimum Gasteiger partial charge on any atom is -0.274 e. The van der Waals surface area contributed by atoms with E-state index in [0.29, 0.717) is 11.1 Å². The Morgan fingerprint density at radius 1 is 0.420 bits per heavy atom. The van der Waals surface area contributed by atoms with Crippen LogP contribution < -0.4 is 9.80 Å². The van der Waals surface area contributed by atoms with Crippen LogP contribution in [0.3, 0.4) is 0 Å². The van der Waals surface area contributed by atoms with Crippen LogP contribution in [0.15, 0.2) is 109 Å². The Bertz CT molecular complexity index is 1910. The summed E-state index contributed by atoms with van der Waals surface area (Å²) in [6.07, 6.45) is -9.50. The number of nitrogens with zero attached hydrogens (tertiary/aromatic N) is 4. The number of hydrogen-bond acceptors (Lipinski definition) is 6. The highest BCUT2D eigenvalue weighted by molar-refractivity contribution is 6.26. The Hall–Kier alpha value is -5.34. The van der Waals surface area contributed by atoms with Crippen LogP contribution in [0.2, 0.25) is 0 Å². The molecule has 0 bridgehead atoms. The number of carbonyl (C=O) groups excluding carboxylic acids is 4. The summed E-state index contributed by atoms with van der Waals surface area (Å²) in [7, 11) is 0. The predicted molar refractivity (Wildman–Crippen MR) is 164 cm³/mol. The summed E-state index contributed by atoms with van der Waals surface area (Å²) in [5.41, 5.74) is -1.69. The minimum atomic E-state index is -4.75. The predicted octanol–water partition coefficient (Wildman–Crippen LogP) is 6.17. The van der Waals surface area contributed by atoms with E-state index in [1.807, 2.05) is 0 Å². The zero-order chi connectivity index (χ0) is 35.3. The van der Waals surface area contributed by atoms with Gasteiger partial charge < -0.3 is 0 Å². The van der Waals surface area contributed by atoms with Crippen molar-refractivity contribution in [3.05, 3.63) is 131 Å². The molecule has 4 fully saturated rings. The van der Waals surface area contributed by atoms with E-state index < -0.39 is 83.1 Å². The highest BCUT2D eigenvalue weighted by atomic mass is 19.4. The number of hydrogen-bond donors (Lipinski definition) is 0. The Morgan fingerprint density at radius 2 is 0.780 bits per heavy atom. The molecule has 4 aromatic carbocycles. The van der Waals surface area contributed by atoms with Crippen molar-refractivity contribution in [3.8, 4) is 0 Å². The molecule has 0 saturated carbocycles.